The second-order valence-electron chi connectivity index (χ2n) is 4.26. The highest BCUT2D eigenvalue weighted by Gasteiger charge is 2.13. The van der Waals surface area contributed by atoms with Crippen LogP contribution in [0.2, 0.25) is 0 Å². The van der Waals surface area contributed by atoms with E-state index >= 15 is 0 Å². The van der Waals surface area contributed by atoms with Crippen LogP contribution >= 0.6 is 0 Å². The summed E-state index contributed by atoms with van der Waals surface area (Å²) in [6.45, 7) is 0.664. The first-order valence-electron chi connectivity index (χ1n) is 5.82. The molecule has 0 saturated heterocycles. The molecule has 0 aliphatic heterocycles. The maximum absolute atomic E-state index is 11.5. The van der Waals surface area contributed by atoms with E-state index in [0.29, 0.717) is 6.54 Å². The van der Waals surface area contributed by atoms with Crippen molar-refractivity contribution in [2.24, 2.45) is 0 Å². The van der Waals surface area contributed by atoms with Gasteiger partial charge in [-0.05, 0) is 18.4 Å². The fourth-order valence-electron chi connectivity index (χ4n) is 1.89. The number of rotatable bonds is 5. The van der Waals surface area contributed by atoms with Gasteiger partial charge in [0.05, 0.1) is 0 Å². The van der Waals surface area contributed by atoms with Crippen molar-refractivity contribution >= 4 is 9.84 Å². The van der Waals surface area contributed by atoms with Crippen LogP contribution in [0.15, 0.2) is 47.9 Å². The molecular formula is C13H16N2O2S. The molecule has 1 aromatic heterocycles. The Balaban J connectivity index is 1.98. The summed E-state index contributed by atoms with van der Waals surface area (Å²) >= 11 is 0. The summed E-state index contributed by atoms with van der Waals surface area (Å²) in [5.41, 5.74) is 1.26. The molecule has 0 fully saturated rings. The van der Waals surface area contributed by atoms with E-state index in [2.05, 4.69) is 17.1 Å². The van der Waals surface area contributed by atoms with E-state index in [9.17, 15) is 8.42 Å². The van der Waals surface area contributed by atoms with Crippen LogP contribution in [0, 0.1) is 0 Å². The van der Waals surface area contributed by atoms with Crippen LogP contribution in [0.5, 0.6) is 0 Å². The molecule has 1 heterocycles. The molecule has 4 nitrogen and oxygen atoms in total. The fraction of sp³-hybridized carbons (Fsp3) is 0.308. The van der Waals surface area contributed by atoms with E-state index < -0.39 is 9.84 Å². The number of nitrogens with zero attached hydrogens (tertiary/aromatic N) is 2. The van der Waals surface area contributed by atoms with Gasteiger partial charge in [-0.2, -0.15) is 0 Å². The molecule has 0 amide bonds. The molecule has 0 radical (unpaired) electrons. The standard InChI is InChI=1S/C13H16N2O2S/c1-18(16,17)13-14-9-11-15(13)10-5-8-12-6-3-2-4-7-12/h2-4,6-7,9,11H,5,8,10H2,1H3. The minimum atomic E-state index is -3.23. The van der Waals surface area contributed by atoms with Crippen LogP contribution < -0.4 is 0 Å². The summed E-state index contributed by atoms with van der Waals surface area (Å²) in [5.74, 6) is 0. The molecule has 0 unspecified atom stereocenters. The zero-order valence-corrected chi connectivity index (χ0v) is 11.1. The van der Waals surface area contributed by atoms with Gasteiger partial charge in [0.15, 0.2) is 0 Å². The molecule has 2 aromatic rings. The van der Waals surface area contributed by atoms with E-state index in [-0.39, 0.29) is 5.16 Å². The average Bonchev–Trinajstić information content (AvgIpc) is 2.78. The minimum absolute atomic E-state index is 0.149. The Morgan fingerprint density at radius 1 is 1.22 bits per heavy atom. The van der Waals surface area contributed by atoms with Gasteiger partial charge in [-0.1, -0.05) is 30.3 Å². The van der Waals surface area contributed by atoms with Crippen molar-refractivity contribution in [1.82, 2.24) is 9.55 Å². The van der Waals surface area contributed by atoms with Crippen molar-refractivity contribution in [1.29, 1.82) is 0 Å². The van der Waals surface area contributed by atoms with Gasteiger partial charge in [0, 0.05) is 25.2 Å². The highest BCUT2D eigenvalue weighted by molar-refractivity contribution is 7.90. The first-order valence-corrected chi connectivity index (χ1v) is 7.71. The molecule has 0 saturated carbocycles. The van der Waals surface area contributed by atoms with Crippen LogP contribution in [0.3, 0.4) is 0 Å². The van der Waals surface area contributed by atoms with Crippen LogP contribution in [0.4, 0.5) is 0 Å². The predicted octanol–water partition coefficient (Wildman–Crippen LogP) is 1.92. The summed E-state index contributed by atoms with van der Waals surface area (Å²) in [4.78, 5) is 3.89. The predicted molar refractivity (Wildman–Crippen MR) is 70.1 cm³/mol. The highest BCUT2D eigenvalue weighted by atomic mass is 32.2. The van der Waals surface area contributed by atoms with E-state index in [4.69, 9.17) is 0 Å². The molecule has 0 bridgehead atoms. The quantitative estimate of drug-likeness (QED) is 0.829. The Labute approximate surface area is 107 Å². The van der Waals surface area contributed by atoms with E-state index in [1.165, 1.54) is 18.0 Å². The van der Waals surface area contributed by atoms with E-state index in [0.717, 1.165) is 12.8 Å². The SMILES string of the molecule is CS(=O)(=O)c1nccn1CCCc1ccccc1. The number of hydrogen-bond donors (Lipinski definition) is 0. The van der Waals surface area contributed by atoms with Crippen molar-refractivity contribution in [3.05, 3.63) is 48.3 Å². The Hall–Kier alpha value is -1.62. The first-order chi connectivity index (χ1) is 8.57. The summed E-state index contributed by atoms with van der Waals surface area (Å²) < 4.78 is 24.6. The summed E-state index contributed by atoms with van der Waals surface area (Å²) in [6.07, 6.45) is 6.24. The normalized spacial score (nSPS) is 11.6. The van der Waals surface area contributed by atoms with E-state index in [1.54, 1.807) is 10.8 Å². The molecule has 96 valence electrons. The Kier molecular flexibility index (Phi) is 3.81. The Morgan fingerprint density at radius 2 is 1.94 bits per heavy atom. The fourth-order valence-corrected chi connectivity index (χ4v) is 2.72. The molecule has 2 rings (SSSR count). The van der Waals surface area contributed by atoms with Crippen LogP contribution in [-0.2, 0) is 22.8 Å². The van der Waals surface area contributed by atoms with Gasteiger partial charge in [0.2, 0.25) is 15.0 Å². The zero-order valence-electron chi connectivity index (χ0n) is 10.3. The summed E-state index contributed by atoms with van der Waals surface area (Å²) in [6, 6.07) is 10.2. The third kappa shape index (κ3) is 3.20. The van der Waals surface area contributed by atoms with Crippen LogP contribution in [-0.4, -0.2) is 24.2 Å². The monoisotopic (exact) mass is 264 g/mol. The van der Waals surface area contributed by atoms with Crippen molar-refractivity contribution < 1.29 is 8.42 Å². The first kappa shape index (κ1) is 12.8. The zero-order chi connectivity index (χ0) is 13.0. The molecule has 5 heteroatoms. The number of imidazole rings is 1. The number of aryl methyl sites for hydroxylation is 2. The van der Waals surface area contributed by atoms with Gasteiger partial charge >= 0.3 is 0 Å². The lowest BCUT2D eigenvalue weighted by atomic mass is 10.1. The summed E-state index contributed by atoms with van der Waals surface area (Å²) in [5, 5.41) is 0.149. The lowest BCUT2D eigenvalue weighted by Crippen LogP contribution is -2.09. The van der Waals surface area contributed by atoms with Gasteiger partial charge in [-0.15, -0.1) is 0 Å². The van der Waals surface area contributed by atoms with Crippen LogP contribution in [0.1, 0.15) is 12.0 Å². The molecule has 18 heavy (non-hydrogen) atoms. The van der Waals surface area contributed by atoms with Crippen molar-refractivity contribution in [2.45, 2.75) is 24.5 Å². The maximum atomic E-state index is 11.5. The average molecular weight is 264 g/mol. The lowest BCUT2D eigenvalue weighted by Gasteiger charge is -2.06. The highest BCUT2D eigenvalue weighted by Crippen LogP contribution is 2.09. The third-order valence-electron chi connectivity index (χ3n) is 2.72. The number of hydrogen-bond acceptors (Lipinski definition) is 3. The lowest BCUT2D eigenvalue weighted by molar-refractivity contribution is 0.552. The molecule has 0 aliphatic carbocycles. The molecule has 0 atom stereocenters. The second kappa shape index (κ2) is 5.35. The van der Waals surface area contributed by atoms with Crippen molar-refractivity contribution in [2.75, 3.05) is 6.26 Å². The number of aromatic nitrogens is 2. The van der Waals surface area contributed by atoms with Gasteiger partial charge in [0.1, 0.15) is 0 Å². The Morgan fingerprint density at radius 3 is 2.61 bits per heavy atom. The number of sulfone groups is 1. The topological polar surface area (TPSA) is 52.0 Å². The largest absolute Gasteiger partial charge is 0.322 e. The molecule has 1 aromatic carbocycles. The second-order valence-corrected chi connectivity index (χ2v) is 6.17. The molecule has 0 aliphatic rings. The van der Waals surface area contributed by atoms with Gasteiger partial charge in [-0.3, -0.25) is 0 Å². The van der Waals surface area contributed by atoms with Gasteiger partial charge in [-0.25, -0.2) is 13.4 Å². The van der Waals surface area contributed by atoms with Crippen molar-refractivity contribution in [3.8, 4) is 0 Å². The molecular weight excluding hydrogens is 248 g/mol. The Bertz CT molecular complexity index is 603. The van der Waals surface area contributed by atoms with Crippen LogP contribution in [0.25, 0.3) is 0 Å². The molecule has 0 spiro atoms. The maximum Gasteiger partial charge on any atom is 0.227 e. The minimum Gasteiger partial charge on any atom is -0.322 e. The molecule has 0 N–H and O–H groups in total. The summed E-state index contributed by atoms with van der Waals surface area (Å²) in [7, 11) is -3.23. The number of benzene rings is 1. The third-order valence-corrected chi connectivity index (χ3v) is 3.72. The van der Waals surface area contributed by atoms with Gasteiger partial charge in [0.25, 0.3) is 0 Å². The van der Waals surface area contributed by atoms with Crippen molar-refractivity contribution in [3.63, 3.8) is 0 Å². The smallest absolute Gasteiger partial charge is 0.227 e. The van der Waals surface area contributed by atoms with Gasteiger partial charge < -0.3 is 4.57 Å². The van der Waals surface area contributed by atoms with E-state index in [1.807, 2.05) is 18.2 Å².